The molecule has 1 N–H and O–H groups in total. The Morgan fingerprint density at radius 3 is 2.69 bits per heavy atom. The molecule has 1 rings (SSSR count). The van der Waals surface area contributed by atoms with Crippen molar-refractivity contribution in [3.05, 3.63) is 35.7 Å². The van der Waals surface area contributed by atoms with Crippen LogP contribution < -0.4 is 0 Å². The average Bonchev–Trinajstić information content (AvgIpc) is 2.15. The molecule has 0 unspecified atom stereocenters. The fourth-order valence-electron chi connectivity index (χ4n) is 0.784. The number of nitrogens with zero attached hydrogens (tertiary/aromatic N) is 1. The second-order valence-electron chi connectivity index (χ2n) is 2.28. The van der Waals surface area contributed by atoms with E-state index in [0.29, 0.717) is 12.0 Å². The fourth-order valence-corrected chi connectivity index (χ4v) is 0.784. The topological polar surface area (TPSA) is 67.3 Å². The number of carboxylic acid groups (broad SMARTS) is 1. The normalized spacial score (nSPS) is 10.2. The molecule has 0 saturated carbocycles. The molecule has 1 heterocycles. The molecule has 1 aromatic rings. The van der Waals surface area contributed by atoms with Crippen LogP contribution >= 0.6 is 0 Å². The van der Waals surface area contributed by atoms with Crippen molar-refractivity contribution in [3.8, 4) is 0 Å². The van der Waals surface area contributed by atoms with E-state index in [1.165, 1.54) is 6.08 Å². The highest BCUT2D eigenvalue weighted by Gasteiger charge is 1.93. The van der Waals surface area contributed by atoms with Crippen LogP contribution in [0, 0.1) is 0 Å². The van der Waals surface area contributed by atoms with Gasteiger partial charge in [-0.25, -0.2) is 9.78 Å². The van der Waals surface area contributed by atoms with E-state index in [-0.39, 0.29) is 5.69 Å². The van der Waals surface area contributed by atoms with E-state index in [0.717, 1.165) is 6.08 Å². The highest BCUT2D eigenvalue weighted by atomic mass is 16.4. The minimum absolute atomic E-state index is 0.285. The van der Waals surface area contributed by atoms with Gasteiger partial charge in [-0.05, 0) is 18.2 Å². The van der Waals surface area contributed by atoms with Gasteiger partial charge < -0.3 is 5.11 Å². The number of carbonyl (C=O) groups is 2. The van der Waals surface area contributed by atoms with Gasteiger partial charge in [-0.15, -0.1) is 0 Å². The van der Waals surface area contributed by atoms with Gasteiger partial charge in [0.1, 0.15) is 5.69 Å². The summed E-state index contributed by atoms with van der Waals surface area (Å²) in [5.74, 6) is -1.04. The molecule has 1 aromatic heterocycles. The zero-order chi connectivity index (χ0) is 9.68. The average molecular weight is 177 g/mol. The summed E-state index contributed by atoms with van der Waals surface area (Å²) in [5, 5.41) is 8.32. The fraction of sp³-hybridized carbons (Fsp3) is 0. The summed E-state index contributed by atoms with van der Waals surface area (Å²) < 4.78 is 0. The molecular weight excluding hydrogens is 170 g/mol. The monoisotopic (exact) mass is 177 g/mol. The Hall–Kier alpha value is -1.97. The smallest absolute Gasteiger partial charge is 0.328 e. The first kappa shape index (κ1) is 9.12. The van der Waals surface area contributed by atoms with Crippen LogP contribution in [0.1, 0.15) is 16.2 Å². The van der Waals surface area contributed by atoms with Gasteiger partial charge in [0.2, 0.25) is 0 Å². The Kier molecular flexibility index (Phi) is 2.92. The maximum absolute atomic E-state index is 10.3. The number of hydrogen-bond donors (Lipinski definition) is 1. The van der Waals surface area contributed by atoms with Gasteiger partial charge >= 0.3 is 5.97 Å². The predicted octanol–water partition coefficient (Wildman–Crippen LogP) is 0.992. The largest absolute Gasteiger partial charge is 0.478 e. The van der Waals surface area contributed by atoms with Crippen molar-refractivity contribution >= 4 is 18.3 Å². The Bertz CT molecular complexity index is 358. The lowest BCUT2D eigenvalue weighted by atomic mass is 10.3. The summed E-state index contributed by atoms with van der Waals surface area (Å²) in [6.45, 7) is 0. The number of carboxylic acids is 1. The molecule has 0 fully saturated rings. The molecule has 0 aliphatic heterocycles. The van der Waals surface area contributed by atoms with E-state index in [2.05, 4.69) is 4.98 Å². The van der Waals surface area contributed by atoms with Crippen LogP contribution in [0.4, 0.5) is 0 Å². The standard InChI is InChI=1S/C9H7NO3/c11-6-8-3-1-2-7(10-8)4-5-9(12)13/h1-6H,(H,12,13). The second-order valence-corrected chi connectivity index (χ2v) is 2.28. The van der Waals surface area contributed by atoms with Crippen LogP contribution in [0.15, 0.2) is 24.3 Å². The first-order valence-corrected chi connectivity index (χ1v) is 3.55. The summed E-state index contributed by atoms with van der Waals surface area (Å²) in [5.41, 5.74) is 0.736. The predicted molar refractivity (Wildman–Crippen MR) is 46.3 cm³/mol. The summed E-state index contributed by atoms with van der Waals surface area (Å²) in [6.07, 6.45) is 2.91. The summed E-state index contributed by atoms with van der Waals surface area (Å²) >= 11 is 0. The van der Waals surface area contributed by atoms with Crippen molar-refractivity contribution in [1.29, 1.82) is 0 Å². The molecule has 0 aliphatic rings. The maximum atomic E-state index is 10.3. The van der Waals surface area contributed by atoms with Crippen molar-refractivity contribution in [2.24, 2.45) is 0 Å². The molecule has 0 atom stereocenters. The number of pyridine rings is 1. The number of aldehydes is 1. The van der Waals surface area contributed by atoms with Crippen LogP contribution in [-0.2, 0) is 4.79 Å². The van der Waals surface area contributed by atoms with E-state index < -0.39 is 5.97 Å². The Balaban J connectivity index is 2.89. The molecular formula is C9H7NO3. The van der Waals surface area contributed by atoms with Crippen molar-refractivity contribution in [2.45, 2.75) is 0 Å². The van der Waals surface area contributed by atoms with E-state index in [4.69, 9.17) is 5.11 Å². The lowest BCUT2D eigenvalue weighted by molar-refractivity contribution is -0.131. The molecule has 0 aromatic carbocycles. The van der Waals surface area contributed by atoms with E-state index in [1.54, 1.807) is 18.2 Å². The van der Waals surface area contributed by atoms with Gasteiger partial charge in [0.05, 0.1) is 5.69 Å². The summed E-state index contributed by atoms with van der Waals surface area (Å²) in [4.78, 5) is 24.3. The molecule has 0 saturated heterocycles. The highest BCUT2D eigenvalue weighted by Crippen LogP contribution is 1.99. The van der Waals surface area contributed by atoms with E-state index in [9.17, 15) is 9.59 Å². The van der Waals surface area contributed by atoms with E-state index in [1.807, 2.05) is 0 Å². The van der Waals surface area contributed by atoms with Gasteiger partial charge in [0.25, 0.3) is 0 Å². The molecule has 0 radical (unpaired) electrons. The lowest BCUT2D eigenvalue weighted by Crippen LogP contribution is -1.90. The van der Waals surface area contributed by atoms with Gasteiger partial charge in [-0.1, -0.05) is 6.07 Å². The third kappa shape index (κ3) is 2.86. The number of aliphatic carboxylic acids is 1. The summed E-state index contributed by atoms with van der Waals surface area (Å²) in [6, 6.07) is 4.80. The van der Waals surface area contributed by atoms with Gasteiger partial charge in [-0.3, -0.25) is 4.79 Å². The molecule has 4 nitrogen and oxygen atoms in total. The molecule has 0 bridgehead atoms. The molecule has 0 amide bonds. The van der Waals surface area contributed by atoms with E-state index >= 15 is 0 Å². The van der Waals surface area contributed by atoms with Crippen LogP contribution in [0.2, 0.25) is 0 Å². The Morgan fingerprint density at radius 2 is 2.08 bits per heavy atom. The third-order valence-electron chi connectivity index (χ3n) is 1.31. The van der Waals surface area contributed by atoms with Gasteiger partial charge in [0.15, 0.2) is 6.29 Å². The molecule has 13 heavy (non-hydrogen) atoms. The Labute approximate surface area is 74.5 Å². The number of aromatic nitrogens is 1. The second kappa shape index (κ2) is 4.15. The van der Waals surface area contributed by atoms with Crippen LogP contribution in [0.5, 0.6) is 0 Å². The van der Waals surface area contributed by atoms with Crippen LogP contribution in [0.25, 0.3) is 6.08 Å². The number of rotatable bonds is 3. The van der Waals surface area contributed by atoms with Crippen molar-refractivity contribution in [3.63, 3.8) is 0 Å². The zero-order valence-corrected chi connectivity index (χ0v) is 6.68. The van der Waals surface area contributed by atoms with Gasteiger partial charge in [0, 0.05) is 6.08 Å². The minimum atomic E-state index is -1.04. The number of carbonyl (C=O) groups excluding carboxylic acids is 1. The molecule has 0 aliphatic carbocycles. The summed E-state index contributed by atoms with van der Waals surface area (Å²) in [7, 11) is 0. The number of hydrogen-bond acceptors (Lipinski definition) is 3. The van der Waals surface area contributed by atoms with Crippen molar-refractivity contribution in [2.75, 3.05) is 0 Å². The molecule has 0 spiro atoms. The Morgan fingerprint density at radius 1 is 1.38 bits per heavy atom. The third-order valence-corrected chi connectivity index (χ3v) is 1.31. The van der Waals surface area contributed by atoms with Crippen LogP contribution in [0.3, 0.4) is 0 Å². The highest BCUT2D eigenvalue weighted by molar-refractivity contribution is 5.85. The first-order valence-electron chi connectivity index (χ1n) is 3.55. The quantitative estimate of drug-likeness (QED) is 0.552. The molecule has 4 heteroatoms. The van der Waals surface area contributed by atoms with Crippen molar-refractivity contribution in [1.82, 2.24) is 4.98 Å². The van der Waals surface area contributed by atoms with Crippen LogP contribution in [-0.4, -0.2) is 22.3 Å². The lowest BCUT2D eigenvalue weighted by Gasteiger charge is -1.92. The SMILES string of the molecule is O=Cc1cccc(C=CC(=O)O)n1. The van der Waals surface area contributed by atoms with Gasteiger partial charge in [-0.2, -0.15) is 0 Å². The minimum Gasteiger partial charge on any atom is -0.478 e. The zero-order valence-electron chi connectivity index (χ0n) is 6.68. The first-order chi connectivity index (χ1) is 6.22. The molecule has 66 valence electrons. The van der Waals surface area contributed by atoms with Crippen molar-refractivity contribution < 1.29 is 14.7 Å². The maximum Gasteiger partial charge on any atom is 0.328 e.